The van der Waals surface area contributed by atoms with Gasteiger partial charge in [0.05, 0.1) is 0 Å². The molecule has 31 heavy (non-hydrogen) atoms. The fourth-order valence-electron chi connectivity index (χ4n) is 5.34. The molecule has 3 aromatic carbocycles. The highest BCUT2D eigenvalue weighted by atomic mass is 14.3. The summed E-state index contributed by atoms with van der Waals surface area (Å²) in [5.74, 6) is 0.794. The predicted octanol–water partition coefficient (Wildman–Crippen LogP) is 9.74. The summed E-state index contributed by atoms with van der Waals surface area (Å²) in [7, 11) is 0. The highest BCUT2D eigenvalue weighted by Crippen LogP contribution is 2.45. The second-order valence-electron chi connectivity index (χ2n) is 11.3. The monoisotopic (exact) mass is 416 g/mol. The molecule has 1 unspecified atom stereocenters. The average molecular weight is 417 g/mol. The summed E-state index contributed by atoms with van der Waals surface area (Å²) >= 11 is 0. The van der Waals surface area contributed by atoms with Crippen molar-refractivity contribution in [3.63, 3.8) is 0 Å². The van der Waals surface area contributed by atoms with E-state index in [9.17, 15) is 0 Å². The van der Waals surface area contributed by atoms with Crippen LogP contribution < -0.4 is 0 Å². The van der Waals surface area contributed by atoms with E-state index in [1.165, 1.54) is 70.3 Å². The van der Waals surface area contributed by atoms with Gasteiger partial charge in [0.15, 0.2) is 0 Å². The normalized spacial score (nSPS) is 13.8. The minimum absolute atomic E-state index is 0.0950. The molecule has 3 aromatic rings. The predicted molar refractivity (Wildman–Crippen MR) is 140 cm³/mol. The van der Waals surface area contributed by atoms with Gasteiger partial charge >= 0.3 is 0 Å². The third-order valence-corrected chi connectivity index (χ3v) is 7.47. The Balaban J connectivity index is 2.33. The van der Waals surface area contributed by atoms with E-state index in [0.717, 1.165) is 12.3 Å². The number of rotatable bonds is 8. The van der Waals surface area contributed by atoms with Crippen molar-refractivity contribution in [2.75, 3.05) is 0 Å². The zero-order valence-electron chi connectivity index (χ0n) is 21.4. The molecule has 0 spiro atoms. The van der Waals surface area contributed by atoms with Crippen LogP contribution >= 0.6 is 0 Å². The summed E-state index contributed by atoms with van der Waals surface area (Å²) in [6.07, 6.45) is 7.61. The molecule has 0 amide bonds. The first-order chi connectivity index (χ1) is 14.6. The third-order valence-electron chi connectivity index (χ3n) is 7.47. The van der Waals surface area contributed by atoms with Crippen LogP contribution in [0.3, 0.4) is 0 Å². The Morgan fingerprint density at radius 2 is 1.35 bits per heavy atom. The van der Waals surface area contributed by atoms with Gasteiger partial charge in [-0.05, 0) is 67.8 Å². The van der Waals surface area contributed by atoms with Crippen molar-refractivity contribution in [1.82, 2.24) is 0 Å². The Bertz CT molecular complexity index is 1030. The summed E-state index contributed by atoms with van der Waals surface area (Å²) in [4.78, 5) is 0. The lowest BCUT2D eigenvalue weighted by atomic mass is 9.72. The Morgan fingerprint density at radius 3 is 1.90 bits per heavy atom. The van der Waals surface area contributed by atoms with Crippen LogP contribution in [0.25, 0.3) is 21.5 Å². The summed E-state index contributed by atoms with van der Waals surface area (Å²) in [5.41, 5.74) is 4.78. The molecule has 0 N–H and O–H groups in total. The van der Waals surface area contributed by atoms with Crippen molar-refractivity contribution in [2.45, 2.75) is 105 Å². The van der Waals surface area contributed by atoms with Gasteiger partial charge in [-0.1, -0.05) is 124 Å². The molecule has 0 aliphatic heterocycles. The van der Waals surface area contributed by atoms with Crippen molar-refractivity contribution >= 4 is 21.5 Å². The third kappa shape index (κ3) is 4.84. The first-order valence-corrected chi connectivity index (χ1v) is 12.6. The van der Waals surface area contributed by atoms with Crippen LogP contribution in [0.15, 0.2) is 42.5 Å². The van der Waals surface area contributed by atoms with Gasteiger partial charge in [0.2, 0.25) is 0 Å². The van der Waals surface area contributed by atoms with Crippen molar-refractivity contribution < 1.29 is 0 Å². The first-order valence-electron chi connectivity index (χ1n) is 12.6. The highest BCUT2D eigenvalue weighted by Gasteiger charge is 2.28. The summed E-state index contributed by atoms with van der Waals surface area (Å²) in [6.45, 7) is 18.9. The Kier molecular flexibility index (Phi) is 7.19. The quantitative estimate of drug-likeness (QED) is 0.320. The number of benzene rings is 3. The van der Waals surface area contributed by atoms with Crippen molar-refractivity contribution in [3.8, 4) is 0 Å². The van der Waals surface area contributed by atoms with E-state index in [1.54, 1.807) is 0 Å². The Labute approximate surface area is 191 Å². The van der Waals surface area contributed by atoms with E-state index in [1.807, 2.05) is 0 Å². The molecule has 0 fully saturated rings. The van der Waals surface area contributed by atoms with Crippen LogP contribution in [-0.4, -0.2) is 0 Å². The minimum atomic E-state index is 0.0950. The van der Waals surface area contributed by atoms with Crippen LogP contribution in [0.1, 0.15) is 104 Å². The van der Waals surface area contributed by atoms with Gasteiger partial charge in [-0.2, -0.15) is 0 Å². The maximum atomic E-state index is 2.55. The van der Waals surface area contributed by atoms with Crippen LogP contribution in [0.5, 0.6) is 0 Å². The summed E-state index contributed by atoms with van der Waals surface area (Å²) in [5, 5.41) is 5.81. The fraction of sp³-hybridized carbons (Fsp3) is 0.548. The largest absolute Gasteiger partial charge is 0.0654 e. The number of unbranched alkanes of at least 4 members (excludes halogenated alkanes) is 1. The fourth-order valence-corrected chi connectivity index (χ4v) is 5.34. The molecule has 0 aliphatic carbocycles. The molecular weight excluding hydrogens is 372 g/mol. The molecule has 0 nitrogen and oxygen atoms in total. The summed E-state index contributed by atoms with van der Waals surface area (Å²) < 4.78 is 0. The van der Waals surface area contributed by atoms with E-state index >= 15 is 0 Å². The lowest BCUT2D eigenvalue weighted by Crippen LogP contribution is -2.20. The Hall–Kier alpha value is -1.82. The molecule has 3 rings (SSSR count). The van der Waals surface area contributed by atoms with Crippen molar-refractivity contribution in [3.05, 3.63) is 59.2 Å². The minimum Gasteiger partial charge on any atom is -0.0654 e. The zero-order valence-corrected chi connectivity index (χ0v) is 21.4. The van der Waals surface area contributed by atoms with E-state index in [4.69, 9.17) is 0 Å². The summed E-state index contributed by atoms with van der Waals surface area (Å²) in [6, 6.07) is 16.6. The molecule has 0 heterocycles. The highest BCUT2D eigenvalue weighted by molar-refractivity contribution is 6.07. The van der Waals surface area contributed by atoms with E-state index in [0.29, 0.717) is 0 Å². The molecule has 0 aromatic heterocycles. The topological polar surface area (TPSA) is 0 Å². The molecular formula is C31H44. The number of hydrogen-bond acceptors (Lipinski definition) is 0. The van der Waals surface area contributed by atoms with Crippen molar-refractivity contribution in [1.29, 1.82) is 0 Å². The molecule has 0 saturated carbocycles. The lowest BCUT2D eigenvalue weighted by molar-refractivity contribution is 0.449. The molecule has 0 radical (unpaired) electrons. The van der Waals surface area contributed by atoms with Gasteiger partial charge in [0, 0.05) is 0 Å². The number of hydrogen-bond donors (Lipinski definition) is 0. The van der Waals surface area contributed by atoms with Gasteiger partial charge in [-0.3, -0.25) is 0 Å². The molecule has 168 valence electrons. The van der Waals surface area contributed by atoms with E-state index in [-0.39, 0.29) is 10.8 Å². The van der Waals surface area contributed by atoms with E-state index < -0.39 is 0 Å². The van der Waals surface area contributed by atoms with Gasteiger partial charge in [-0.25, -0.2) is 0 Å². The Morgan fingerprint density at radius 1 is 0.742 bits per heavy atom. The molecule has 1 atom stereocenters. The number of fused-ring (bicyclic) bond motifs is 2. The van der Waals surface area contributed by atoms with Crippen LogP contribution in [-0.2, 0) is 17.3 Å². The van der Waals surface area contributed by atoms with E-state index in [2.05, 4.69) is 97.9 Å². The molecule has 0 bridgehead atoms. The van der Waals surface area contributed by atoms with Crippen molar-refractivity contribution in [2.24, 2.45) is 5.92 Å². The van der Waals surface area contributed by atoms with Crippen LogP contribution in [0.4, 0.5) is 0 Å². The second-order valence-corrected chi connectivity index (χ2v) is 11.3. The molecule has 0 saturated heterocycles. The second kappa shape index (κ2) is 9.35. The van der Waals surface area contributed by atoms with Gasteiger partial charge in [0.25, 0.3) is 0 Å². The average Bonchev–Trinajstić information content (AvgIpc) is 2.73. The van der Waals surface area contributed by atoms with Crippen LogP contribution in [0.2, 0.25) is 0 Å². The SMILES string of the molecule is CCCCC(CC)Cc1ccc2c(C(C)(C)CC)c3ccccc3c(C(C)(C)C)c2c1. The lowest BCUT2D eigenvalue weighted by Gasteiger charge is -2.32. The first kappa shape index (κ1) is 23.8. The molecule has 0 heteroatoms. The standard InChI is InChI=1S/C31H44/c1-9-12-15-22(10-2)20-23-18-19-26-27(21-23)28(30(4,5)6)24-16-13-14-17-25(24)29(26)31(7,8)11-3/h13-14,16-19,21-22H,9-12,15,20H2,1-8H3. The van der Waals surface area contributed by atoms with Gasteiger partial charge < -0.3 is 0 Å². The van der Waals surface area contributed by atoms with Gasteiger partial charge in [-0.15, -0.1) is 0 Å². The molecule has 0 aliphatic rings. The maximum Gasteiger partial charge on any atom is -0.00939 e. The van der Waals surface area contributed by atoms with Gasteiger partial charge in [0.1, 0.15) is 0 Å². The smallest absolute Gasteiger partial charge is 0.00939 e. The maximum absolute atomic E-state index is 2.55. The zero-order chi connectivity index (χ0) is 22.8. The van der Waals surface area contributed by atoms with Crippen LogP contribution in [0, 0.1) is 5.92 Å².